The van der Waals surface area contributed by atoms with Crippen molar-refractivity contribution in [2.24, 2.45) is 5.84 Å². The number of benzene rings is 2. The molecule has 2 rings (SSSR count). The lowest BCUT2D eigenvalue weighted by Crippen LogP contribution is -2.10. The Labute approximate surface area is 114 Å². The zero-order chi connectivity index (χ0) is 13.8. The zero-order valence-electron chi connectivity index (χ0n) is 9.76. The van der Waals surface area contributed by atoms with E-state index in [0.717, 1.165) is 0 Å². The molecule has 6 nitrogen and oxygen atoms in total. The van der Waals surface area contributed by atoms with Gasteiger partial charge in [0, 0.05) is 0 Å². The molecule has 2 aromatic carbocycles. The van der Waals surface area contributed by atoms with E-state index in [9.17, 15) is 10.1 Å². The number of hydrazine groups is 1. The van der Waals surface area contributed by atoms with E-state index in [1.807, 2.05) is 0 Å². The molecule has 0 heterocycles. The molecule has 0 amide bonds. The first-order valence-electron chi connectivity index (χ1n) is 5.39. The Hall–Kier alpha value is -2.31. The second kappa shape index (κ2) is 5.55. The molecule has 0 aliphatic heterocycles. The number of nitro benzene ring substituents is 1. The second-order valence-electron chi connectivity index (χ2n) is 3.71. The van der Waals surface area contributed by atoms with Crippen molar-refractivity contribution in [2.75, 3.05) is 10.7 Å². The van der Waals surface area contributed by atoms with Crippen LogP contribution in [0, 0.1) is 10.1 Å². The van der Waals surface area contributed by atoms with Crippen molar-refractivity contribution in [3.8, 4) is 0 Å². The Morgan fingerprint density at radius 1 is 1.05 bits per heavy atom. The summed E-state index contributed by atoms with van der Waals surface area (Å²) < 4.78 is 0. The molecule has 19 heavy (non-hydrogen) atoms. The van der Waals surface area contributed by atoms with Crippen LogP contribution in [0.1, 0.15) is 0 Å². The minimum absolute atomic E-state index is 0.134. The number of nitro groups is 1. The van der Waals surface area contributed by atoms with Gasteiger partial charge in [-0.3, -0.25) is 16.0 Å². The largest absolute Gasteiger partial charge is 0.349 e. The van der Waals surface area contributed by atoms with Crippen LogP contribution < -0.4 is 16.6 Å². The molecule has 0 aliphatic carbocycles. The highest BCUT2D eigenvalue weighted by atomic mass is 35.5. The van der Waals surface area contributed by atoms with Crippen LogP contribution in [0.5, 0.6) is 0 Å². The van der Waals surface area contributed by atoms with Gasteiger partial charge < -0.3 is 10.7 Å². The fourth-order valence-electron chi connectivity index (χ4n) is 1.67. The molecule has 0 radical (unpaired) electrons. The Morgan fingerprint density at radius 2 is 1.68 bits per heavy atom. The Kier molecular flexibility index (Phi) is 3.84. The Balaban J connectivity index is 2.46. The van der Waals surface area contributed by atoms with Crippen LogP contribution in [-0.2, 0) is 0 Å². The lowest BCUT2D eigenvalue weighted by Gasteiger charge is -2.10. The second-order valence-corrected chi connectivity index (χ2v) is 4.12. The van der Waals surface area contributed by atoms with E-state index in [4.69, 9.17) is 17.4 Å². The van der Waals surface area contributed by atoms with Crippen LogP contribution in [0.25, 0.3) is 0 Å². The number of nitrogen functional groups attached to an aromatic ring is 1. The monoisotopic (exact) mass is 278 g/mol. The first-order valence-corrected chi connectivity index (χ1v) is 5.77. The molecule has 0 saturated heterocycles. The fourth-order valence-corrected chi connectivity index (χ4v) is 1.85. The molecule has 0 atom stereocenters. The predicted molar refractivity (Wildman–Crippen MR) is 75.6 cm³/mol. The Bertz CT molecular complexity index is 618. The smallest absolute Gasteiger partial charge is 0.316 e. The maximum atomic E-state index is 11.1. The third-order valence-corrected chi connectivity index (χ3v) is 2.85. The number of hydrogen-bond acceptors (Lipinski definition) is 5. The molecule has 4 N–H and O–H groups in total. The van der Waals surface area contributed by atoms with Gasteiger partial charge in [0.15, 0.2) is 0 Å². The quantitative estimate of drug-likeness (QED) is 0.453. The first-order chi connectivity index (χ1) is 9.13. The van der Waals surface area contributed by atoms with Crippen LogP contribution in [-0.4, -0.2) is 4.92 Å². The van der Waals surface area contributed by atoms with Gasteiger partial charge in [-0.25, -0.2) is 0 Å². The van der Waals surface area contributed by atoms with Crippen molar-refractivity contribution in [3.05, 3.63) is 57.6 Å². The summed E-state index contributed by atoms with van der Waals surface area (Å²) in [6.45, 7) is 0. The molecular weight excluding hydrogens is 268 g/mol. The summed E-state index contributed by atoms with van der Waals surface area (Å²) in [5.41, 5.74) is 3.29. The topological polar surface area (TPSA) is 93.2 Å². The van der Waals surface area contributed by atoms with E-state index in [-0.39, 0.29) is 11.4 Å². The van der Waals surface area contributed by atoms with E-state index < -0.39 is 4.92 Å². The van der Waals surface area contributed by atoms with Crippen molar-refractivity contribution in [2.45, 2.75) is 0 Å². The van der Waals surface area contributed by atoms with Crippen LogP contribution in [0.3, 0.4) is 0 Å². The molecule has 98 valence electrons. The number of nitrogens with two attached hydrogens (primary N) is 1. The summed E-state index contributed by atoms with van der Waals surface area (Å²) in [5, 5.41) is 14.5. The Morgan fingerprint density at radius 3 is 2.32 bits per heavy atom. The third kappa shape index (κ3) is 2.75. The van der Waals surface area contributed by atoms with E-state index in [1.165, 1.54) is 6.07 Å². The zero-order valence-corrected chi connectivity index (χ0v) is 10.5. The van der Waals surface area contributed by atoms with E-state index in [0.29, 0.717) is 16.4 Å². The molecular formula is C12H11ClN4O2. The van der Waals surface area contributed by atoms with Crippen LogP contribution in [0.15, 0.2) is 42.5 Å². The minimum Gasteiger partial charge on any atom is -0.349 e. The van der Waals surface area contributed by atoms with Gasteiger partial charge in [0.05, 0.1) is 15.6 Å². The number of anilines is 3. The summed E-state index contributed by atoms with van der Waals surface area (Å²) in [6, 6.07) is 11.7. The van der Waals surface area contributed by atoms with Gasteiger partial charge in [-0.1, -0.05) is 29.8 Å². The van der Waals surface area contributed by atoms with Crippen molar-refractivity contribution < 1.29 is 4.92 Å². The van der Waals surface area contributed by atoms with E-state index in [2.05, 4.69) is 10.7 Å². The molecule has 0 bridgehead atoms. The summed E-state index contributed by atoms with van der Waals surface area (Å²) in [6.07, 6.45) is 0. The molecule has 0 unspecified atom stereocenters. The van der Waals surface area contributed by atoms with Crippen LogP contribution >= 0.6 is 11.6 Å². The van der Waals surface area contributed by atoms with Gasteiger partial charge in [0.25, 0.3) is 0 Å². The molecule has 0 spiro atoms. The summed E-state index contributed by atoms with van der Waals surface area (Å²) in [7, 11) is 0. The number of hydrogen-bond donors (Lipinski definition) is 3. The number of nitrogens with one attached hydrogen (secondary N) is 2. The van der Waals surface area contributed by atoms with Crippen molar-refractivity contribution in [1.82, 2.24) is 0 Å². The van der Waals surface area contributed by atoms with E-state index in [1.54, 1.807) is 36.4 Å². The summed E-state index contributed by atoms with van der Waals surface area (Å²) >= 11 is 6.01. The maximum Gasteiger partial charge on any atom is 0.316 e. The molecule has 0 aliphatic rings. The van der Waals surface area contributed by atoms with Gasteiger partial charge in [0.1, 0.15) is 11.4 Å². The molecule has 0 saturated carbocycles. The number of para-hydroxylation sites is 2. The van der Waals surface area contributed by atoms with Crippen molar-refractivity contribution in [1.29, 1.82) is 0 Å². The molecule has 0 aromatic heterocycles. The standard InChI is InChI=1S/C12H11ClN4O2/c13-8-4-1-2-5-9(8)15-10-6-3-7-11(16-14)12(10)17(18)19/h1-7,15-16H,14H2. The third-order valence-electron chi connectivity index (χ3n) is 2.52. The maximum absolute atomic E-state index is 11.1. The van der Waals surface area contributed by atoms with Crippen LogP contribution in [0.2, 0.25) is 5.02 Å². The highest BCUT2D eigenvalue weighted by Gasteiger charge is 2.19. The lowest BCUT2D eigenvalue weighted by atomic mass is 10.2. The van der Waals surface area contributed by atoms with Gasteiger partial charge in [-0.15, -0.1) is 0 Å². The van der Waals surface area contributed by atoms with Gasteiger partial charge in [-0.05, 0) is 24.3 Å². The lowest BCUT2D eigenvalue weighted by molar-refractivity contribution is -0.383. The normalized spacial score (nSPS) is 10.0. The summed E-state index contributed by atoms with van der Waals surface area (Å²) in [5.74, 6) is 5.27. The SMILES string of the molecule is NNc1cccc(Nc2ccccc2Cl)c1[N+](=O)[O-]. The molecule has 2 aromatic rings. The number of halogens is 1. The number of rotatable bonds is 4. The van der Waals surface area contributed by atoms with Crippen molar-refractivity contribution in [3.63, 3.8) is 0 Å². The molecule has 7 heteroatoms. The van der Waals surface area contributed by atoms with Crippen molar-refractivity contribution >= 4 is 34.4 Å². The van der Waals surface area contributed by atoms with E-state index >= 15 is 0 Å². The van der Waals surface area contributed by atoms with Crippen LogP contribution in [0.4, 0.5) is 22.7 Å². The van der Waals surface area contributed by atoms with Gasteiger partial charge in [-0.2, -0.15) is 0 Å². The summed E-state index contributed by atoms with van der Waals surface area (Å²) in [4.78, 5) is 10.6. The average Bonchev–Trinajstić information content (AvgIpc) is 2.40. The predicted octanol–water partition coefficient (Wildman–Crippen LogP) is 3.28. The fraction of sp³-hybridized carbons (Fsp3) is 0. The van der Waals surface area contributed by atoms with Gasteiger partial charge >= 0.3 is 5.69 Å². The number of nitrogens with zero attached hydrogens (tertiary/aromatic N) is 1. The molecule has 0 fully saturated rings. The highest BCUT2D eigenvalue weighted by Crippen LogP contribution is 2.35. The van der Waals surface area contributed by atoms with Gasteiger partial charge in [0.2, 0.25) is 0 Å². The highest BCUT2D eigenvalue weighted by molar-refractivity contribution is 6.33. The first kappa shape index (κ1) is 13.1. The minimum atomic E-state index is -0.506. The average molecular weight is 279 g/mol.